The van der Waals surface area contributed by atoms with E-state index in [-0.39, 0.29) is 11.7 Å². The third-order valence-corrected chi connectivity index (χ3v) is 3.41. The van der Waals surface area contributed by atoms with Crippen molar-refractivity contribution in [1.82, 2.24) is 10.3 Å². The fourth-order valence-corrected chi connectivity index (χ4v) is 2.30. The van der Waals surface area contributed by atoms with Gasteiger partial charge in [-0.1, -0.05) is 18.2 Å². The molecular formula is C17H15FN2O. The molecule has 4 heteroatoms. The second kappa shape index (κ2) is 5.79. The number of hydrogen-bond donors (Lipinski definition) is 2. The van der Waals surface area contributed by atoms with Crippen molar-refractivity contribution >= 4 is 16.8 Å². The van der Waals surface area contributed by atoms with E-state index in [4.69, 9.17) is 0 Å². The summed E-state index contributed by atoms with van der Waals surface area (Å²) in [5.74, 6) is -0.376. The molecule has 0 aliphatic carbocycles. The molecule has 3 rings (SSSR count). The average Bonchev–Trinajstić information content (AvgIpc) is 2.94. The van der Waals surface area contributed by atoms with Gasteiger partial charge in [0.15, 0.2) is 0 Å². The fourth-order valence-electron chi connectivity index (χ4n) is 2.30. The smallest absolute Gasteiger partial charge is 0.251 e. The van der Waals surface area contributed by atoms with E-state index in [9.17, 15) is 9.18 Å². The van der Waals surface area contributed by atoms with Gasteiger partial charge in [-0.3, -0.25) is 4.79 Å². The number of H-pyrrole nitrogens is 1. The monoisotopic (exact) mass is 282 g/mol. The molecule has 3 aromatic rings. The van der Waals surface area contributed by atoms with Gasteiger partial charge in [-0.15, -0.1) is 0 Å². The Kier molecular flexibility index (Phi) is 3.69. The van der Waals surface area contributed by atoms with E-state index in [0.717, 1.165) is 16.5 Å². The van der Waals surface area contributed by atoms with Crippen molar-refractivity contribution in [3.05, 3.63) is 71.7 Å². The van der Waals surface area contributed by atoms with Crippen LogP contribution >= 0.6 is 0 Å². The number of hydrogen-bond acceptors (Lipinski definition) is 1. The number of aromatic nitrogens is 1. The van der Waals surface area contributed by atoms with Crippen LogP contribution in [0, 0.1) is 5.82 Å². The number of benzene rings is 2. The topological polar surface area (TPSA) is 44.9 Å². The molecule has 0 radical (unpaired) electrons. The molecule has 2 N–H and O–H groups in total. The van der Waals surface area contributed by atoms with Gasteiger partial charge in [0.1, 0.15) is 5.82 Å². The second-order valence-electron chi connectivity index (χ2n) is 4.92. The number of fused-ring (bicyclic) bond motifs is 1. The standard InChI is InChI=1S/C17H15FN2O/c18-15-3-1-2-12(10-15)6-8-20-17(21)14-5-4-13-7-9-19-16(13)11-14/h1-5,7,9-11,19H,6,8H2,(H,20,21). The van der Waals surface area contributed by atoms with Crippen molar-refractivity contribution in [2.24, 2.45) is 0 Å². The molecule has 0 saturated heterocycles. The molecule has 1 amide bonds. The molecule has 1 heterocycles. The molecule has 21 heavy (non-hydrogen) atoms. The summed E-state index contributed by atoms with van der Waals surface area (Å²) in [7, 11) is 0. The van der Waals surface area contributed by atoms with E-state index < -0.39 is 0 Å². The molecule has 3 nitrogen and oxygen atoms in total. The molecule has 106 valence electrons. The molecule has 0 atom stereocenters. The van der Waals surface area contributed by atoms with E-state index in [1.165, 1.54) is 12.1 Å². The minimum absolute atomic E-state index is 0.122. The van der Waals surface area contributed by atoms with Gasteiger partial charge in [-0.2, -0.15) is 0 Å². The fraction of sp³-hybridized carbons (Fsp3) is 0.118. The first-order valence-corrected chi connectivity index (χ1v) is 6.82. The molecule has 0 spiro atoms. The van der Waals surface area contributed by atoms with E-state index in [0.29, 0.717) is 18.5 Å². The molecule has 0 fully saturated rings. The molecule has 2 aromatic carbocycles. The highest BCUT2D eigenvalue weighted by molar-refractivity contribution is 5.97. The van der Waals surface area contributed by atoms with E-state index in [1.54, 1.807) is 12.1 Å². The normalized spacial score (nSPS) is 10.7. The predicted molar refractivity (Wildman–Crippen MR) is 80.7 cm³/mol. The Labute approximate surface area is 121 Å². The molecule has 1 aromatic heterocycles. The summed E-state index contributed by atoms with van der Waals surface area (Å²) in [6, 6.07) is 13.9. The van der Waals surface area contributed by atoms with Crippen LogP contribution < -0.4 is 5.32 Å². The third kappa shape index (κ3) is 3.11. The molecule has 0 aliphatic rings. The van der Waals surface area contributed by atoms with E-state index >= 15 is 0 Å². The predicted octanol–water partition coefficient (Wildman–Crippen LogP) is 3.28. The Bertz CT molecular complexity index is 779. The molecular weight excluding hydrogens is 267 g/mol. The first-order chi connectivity index (χ1) is 10.2. The number of nitrogens with one attached hydrogen (secondary N) is 2. The first kappa shape index (κ1) is 13.4. The van der Waals surface area contributed by atoms with Crippen LogP contribution in [0.4, 0.5) is 4.39 Å². The maximum absolute atomic E-state index is 13.0. The van der Waals surface area contributed by atoms with Crippen LogP contribution in [0.1, 0.15) is 15.9 Å². The Morgan fingerprint density at radius 2 is 2.05 bits per heavy atom. The summed E-state index contributed by atoms with van der Waals surface area (Å²) in [6.07, 6.45) is 2.45. The maximum atomic E-state index is 13.0. The molecule has 0 aliphatic heterocycles. The summed E-state index contributed by atoms with van der Waals surface area (Å²) in [4.78, 5) is 15.1. The lowest BCUT2D eigenvalue weighted by Crippen LogP contribution is -2.25. The Balaban J connectivity index is 1.61. The van der Waals surface area contributed by atoms with Gasteiger partial charge in [0, 0.05) is 23.8 Å². The number of halogens is 1. The van der Waals surface area contributed by atoms with Gasteiger partial charge >= 0.3 is 0 Å². The van der Waals surface area contributed by atoms with Crippen molar-refractivity contribution in [1.29, 1.82) is 0 Å². The lowest BCUT2D eigenvalue weighted by atomic mass is 10.1. The van der Waals surface area contributed by atoms with Crippen molar-refractivity contribution in [2.75, 3.05) is 6.54 Å². The summed E-state index contributed by atoms with van der Waals surface area (Å²) < 4.78 is 13.0. The van der Waals surface area contributed by atoms with Crippen molar-refractivity contribution in [2.45, 2.75) is 6.42 Å². The van der Waals surface area contributed by atoms with Gasteiger partial charge in [0.2, 0.25) is 0 Å². The molecule has 0 bridgehead atoms. The van der Waals surface area contributed by atoms with E-state index in [1.807, 2.05) is 30.5 Å². The van der Waals surface area contributed by atoms with Gasteiger partial charge in [-0.05, 0) is 47.7 Å². The summed E-state index contributed by atoms with van der Waals surface area (Å²) >= 11 is 0. The van der Waals surface area contributed by atoms with Crippen LogP contribution in [-0.4, -0.2) is 17.4 Å². The van der Waals surface area contributed by atoms with Crippen molar-refractivity contribution in [3.63, 3.8) is 0 Å². The van der Waals surface area contributed by atoms with Gasteiger partial charge in [0.25, 0.3) is 5.91 Å². The zero-order valence-corrected chi connectivity index (χ0v) is 11.4. The maximum Gasteiger partial charge on any atom is 0.251 e. The highest BCUT2D eigenvalue weighted by Gasteiger charge is 2.06. The lowest BCUT2D eigenvalue weighted by molar-refractivity contribution is 0.0954. The van der Waals surface area contributed by atoms with Crippen LogP contribution in [0.15, 0.2) is 54.7 Å². The Hall–Kier alpha value is -2.62. The highest BCUT2D eigenvalue weighted by Crippen LogP contribution is 2.14. The third-order valence-electron chi connectivity index (χ3n) is 3.41. The number of carbonyl (C=O) groups excluding carboxylic acids is 1. The van der Waals surface area contributed by atoms with Gasteiger partial charge < -0.3 is 10.3 Å². The summed E-state index contributed by atoms with van der Waals surface area (Å²) in [5.41, 5.74) is 2.42. The Morgan fingerprint density at radius 3 is 2.90 bits per heavy atom. The number of carbonyl (C=O) groups is 1. The second-order valence-corrected chi connectivity index (χ2v) is 4.92. The zero-order chi connectivity index (χ0) is 14.7. The average molecular weight is 282 g/mol. The van der Waals surface area contributed by atoms with Crippen LogP contribution in [-0.2, 0) is 6.42 Å². The largest absolute Gasteiger partial charge is 0.361 e. The minimum Gasteiger partial charge on any atom is -0.361 e. The van der Waals surface area contributed by atoms with E-state index in [2.05, 4.69) is 10.3 Å². The van der Waals surface area contributed by atoms with Crippen LogP contribution in [0.3, 0.4) is 0 Å². The van der Waals surface area contributed by atoms with Crippen LogP contribution in [0.5, 0.6) is 0 Å². The summed E-state index contributed by atoms with van der Waals surface area (Å²) in [5, 5.41) is 3.92. The minimum atomic E-state index is -0.254. The molecule has 0 unspecified atom stereocenters. The Morgan fingerprint density at radius 1 is 1.14 bits per heavy atom. The summed E-state index contributed by atoms with van der Waals surface area (Å²) in [6.45, 7) is 0.477. The SMILES string of the molecule is O=C(NCCc1cccc(F)c1)c1ccc2cc[nH]c2c1. The zero-order valence-electron chi connectivity index (χ0n) is 11.4. The number of aromatic amines is 1. The number of amides is 1. The first-order valence-electron chi connectivity index (χ1n) is 6.82. The highest BCUT2D eigenvalue weighted by atomic mass is 19.1. The number of rotatable bonds is 4. The van der Waals surface area contributed by atoms with Crippen LogP contribution in [0.25, 0.3) is 10.9 Å². The quantitative estimate of drug-likeness (QED) is 0.758. The lowest BCUT2D eigenvalue weighted by Gasteiger charge is -2.06. The van der Waals surface area contributed by atoms with Crippen LogP contribution in [0.2, 0.25) is 0 Å². The van der Waals surface area contributed by atoms with Crippen molar-refractivity contribution < 1.29 is 9.18 Å². The van der Waals surface area contributed by atoms with Gasteiger partial charge in [-0.25, -0.2) is 4.39 Å². The van der Waals surface area contributed by atoms with Gasteiger partial charge in [0.05, 0.1) is 0 Å². The molecule has 0 saturated carbocycles. The van der Waals surface area contributed by atoms with Crippen molar-refractivity contribution in [3.8, 4) is 0 Å².